The number of fused-ring (bicyclic) bond motifs is 2. The largest absolute Gasteiger partial charge is 0.329 e. The van der Waals surface area contributed by atoms with Gasteiger partial charge in [-0.05, 0) is 53.9 Å². The number of hydrogen-bond donors (Lipinski definition) is 2. The van der Waals surface area contributed by atoms with Crippen LogP contribution >= 0.6 is 11.6 Å². The van der Waals surface area contributed by atoms with Crippen LogP contribution in [0.2, 0.25) is 5.28 Å². The summed E-state index contributed by atoms with van der Waals surface area (Å²) in [4.78, 5) is 45.8. The smallest absolute Gasteiger partial charge is 0.261 e. The van der Waals surface area contributed by atoms with Crippen LogP contribution in [-0.2, 0) is 0 Å². The summed E-state index contributed by atoms with van der Waals surface area (Å²) in [5.41, 5.74) is 2.83. The molecule has 1 aliphatic heterocycles. The molecular formula is C20H17ClN4O3. The number of halogens is 1. The van der Waals surface area contributed by atoms with E-state index in [0.717, 1.165) is 0 Å². The van der Waals surface area contributed by atoms with Gasteiger partial charge >= 0.3 is 0 Å². The van der Waals surface area contributed by atoms with Crippen molar-refractivity contribution in [2.75, 3.05) is 11.9 Å². The number of amides is 3. The fraction of sp³-hybridized carbons (Fsp3) is 0.200. The minimum atomic E-state index is -0.379. The van der Waals surface area contributed by atoms with Crippen molar-refractivity contribution in [3.63, 3.8) is 0 Å². The molecule has 0 aliphatic carbocycles. The number of anilines is 1. The molecule has 2 heterocycles. The molecule has 0 radical (unpaired) electrons. The van der Waals surface area contributed by atoms with Crippen molar-refractivity contribution in [1.29, 1.82) is 0 Å². The number of H-pyrrole nitrogens is 1. The number of imidazole rings is 1. The van der Waals surface area contributed by atoms with E-state index in [-0.39, 0.29) is 34.5 Å². The van der Waals surface area contributed by atoms with E-state index in [0.29, 0.717) is 34.4 Å². The van der Waals surface area contributed by atoms with E-state index in [4.69, 9.17) is 11.6 Å². The molecule has 8 heteroatoms. The number of aromatic amines is 1. The molecule has 1 aliphatic rings. The summed E-state index contributed by atoms with van der Waals surface area (Å²) in [6.07, 6.45) is 0. The number of carbonyl (C=O) groups excluding carboxylic acids is 3. The highest BCUT2D eigenvalue weighted by Crippen LogP contribution is 2.26. The second-order valence-corrected chi connectivity index (χ2v) is 7.45. The molecule has 0 spiro atoms. The van der Waals surface area contributed by atoms with Gasteiger partial charge in [-0.3, -0.25) is 19.3 Å². The molecule has 0 saturated carbocycles. The molecule has 142 valence electrons. The Morgan fingerprint density at radius 2 is 1.89 bits per heavy atom. The molecular weight excluding hydrogens is 380 g/mol. The van der Waals surface area contributed by atoms with Gasteiger partial charge in [0.15, 0.2) is 0 Å². The summed E-state index contributed by atoms with van der Waals surface area (Å²) in [5.74, 6) is -0.898. The van der Waals surface area contributed by atoms with E-state index in [1.165, 1.54) is 17.0 Å². The number of nitrogens with one attached hydrogen (secondary N) is 2. The van der Waals surface area contributed by atoms with Crippen LogP contribution < -0.4 is 5.32 Å². The molecule has 0 saturated heterocycles. The molecule has 2 aromatic carbocycles. The zero-order chi connectivity index (χ0) is 20.0. The van der Waals surface area contributed by atoms with Crippen LogP contribution in [-0.4, -0.2) is 39.1 Å². The number of aromatic nitrogens is 2. The van der Waals surface area contributed by atoms with Gasteiger partial charge in [-0.25, -0.2) is 4.98 Å². The van der Waals surface area contributed by atoms with Crippen molar-refractivity contribution in [1.82, 2.24) is 14.9 Å². The summed E-state index contributed by atoms with van der Waals surface area (Å²) >= 11 is 5.84. The first-order chi connectivity index (χ1) is 13.3. The Kier molecular flexibility index (Phi) is 4.39. The second kappa shape index (κ2) is 6.76. The Labute approximate surface area is 165 Å². The van der Waals surface area contributed by atoms with Crippen LogP contribution in [0.4, 0.5) is 5.69 Å². The van der Waals surface area contributed by atoms with Crippen LogP contribution in [0.25, 0.3) is 11.0 Å². The minimum Gasteiger partial charge on any atom is -0.329 e. The summed E-state index contributed by atoms with van der Waals surface area (Å²) in [7, 11) is 0. The van der Waals surface area contributed by atoms with Gasteiger partial charge in [-0.15, -0.1) is 0 Å². The zero-order valence-corrected chi connectivity index (χ0v) is 16.0. The van der Waals surface area contributed by atoms with Crippen LogP contribution in [0.5, 0.6) is 0 Å². The topological polar surface area (TPSA) is 95.2 Å². The first-order valence-corrected chi connectivity index (χ1v) is 9.18. The fourth-order valence-electron chi connectivity index (χ4n) is 3.22. The molecule has 2 N–H and O–H groups in total. The van der Waals surface area contributed by atoms with E-state index >= 15 is 0 Å². The molecule has 3 aromatic rings. The van der Waals surface area contributed by atoms with Crippen LogP contribution in [0.3, 0.4) is 0 Å². The standard InChI is InChI=1S/C20H17ClN4O3/c1-10(2)9-25-18(27)13-5-3-11(7-14(13)19(25)28)17(26)22-12-4-6-15-16(8-12)24-20(21)23-15/h3-8,10H,9H2,1-2H3,(H,22,26)(H,23,24). The molecule has 3 amide bonds. The summed E-state index contributed by atoms with van der Waals surface area (Å²) in [6.45, 7) is 4.22. The lowest BCUT2D eigenvalue weighted by Gasteiger charge is -2.15. The predicted molar refractivity (Wildman–Crippen MR) is 106 cm³/mol. The van der Waals surface area contributed by atoms with Gasteiger partial charge in [0.25, 0.3) is 17.7 Å². The Bertz CT molecular complexity index is 1140. The average molecular weight is 397 g/mol. The minimum absolute atomic E-state index is 0.163. The maximum Gasteiger partial charge on any atom is 0.261 e. The maximum atomic E-state index is 12.6. The van der Waals surface area contributed by atoms with Crippen molar-refractivity contribution in [3.05, 3.63) is 58.4 Å². The summed E-state index contributed by atoms with van der Waals surface area (Å²) < 4.78 is 0. The molecule has 28 heavy (non-hydrogen) atoms. The van der Waals surface area contributed by atoms with Crippen molar-refractivity contribution < 1.29 is 14.4 Å². The number of nitrogens with zero attached hydrogens (tertiary/aromatic N) is 2. The van der Waals surface area contributed by atoms with E-state index in [9.17, 15) is 14.4 Å². The summed E-state index contributed by atoms with van der Waals surface area (Å²) in [6, 6.07) is 9.72. The van der Waals surface area contributed by atoms with E-state index < -0.39 is 0 Å². The molecule has 1 aromatic heterocycles. The highest BCUT2D eigenvalue weighted by atomic mass is 35.5. The van der Waals surface area contributed by atoms with E-state index in [2.05, 4.69) is 15.3 Å². The monoisotopic (exact) mass is 396 g/mol. The van der Waals surface area contributed by atoms with Crippen LogP contribution in [0.1, 0.15) is 44.9 Å². The van der Waals surface area contributed by atoms with Gasteiger partial charge in [0, 0.05) is 17.8 Å². The lowest BCUT2D eigenvalue weighted by atomic mass is 10.1. The first kappa shape index (κ1) is 18.2. The SMILES string of the molecule is CC(C)CN1C(=O)c2ccc(C(=O)Nc3ccc4nc(Cl)[nH]c4c3)cc2C1=O. The lowest BCUT2D eigenvalue weighted by Crippen LogP contribution is -2.33. The average Bonchev–Trinajstić information content (AvgIpc) is 3.13. The molecule has 0 unspecified atom stereocenters. The first-order valence-electron chi connectivity index (χ1n) is 8.80. The number of benzene rings is 2. The van der Waals surface area contributed by atoms with Gasteiger partial charge in [-0.2, -0.15) is 0 Å². The van der Waals surface area contributed by atoms with Crippen LogP contribution in [0, 0.1) is 5.92 Å². The van der Waals surface area contributed by atoms with E-state index in [1.54, 1.807) is 24.3 Å². The predicted octanol–water partition coefficient (Wildman–Crippen LogP) is 3.72. The van der Waals surface area contributed by atoms with Crippen LogP contribution in [0.15, 0.2) is 36.4 Å². The molecule has 0 atom stereocenters. The maximum absolute atomic E-state index is 12.6. The van der Waals surface area contributed by atoms with Crippen molar-refractivity contribution >= 4 is 46.0 Å². The Morgan fingerprint density at radius 1 is 1.14 bits per heavy atom. The third-order valence-electron chi connectivity index (χ3n) is 4.49. The number of rotatable bonds is 4. The van der Waals surface area contributed by atoms with Gasteiger partial charge in [-0.1, -0.05) is 13.8 Å². The summed E-state index contributed by atoms with van der Waals surface area (Å²) in [5, 5.41) is 3.05. The molecule has 7 nitrogen and oxygen atoms in total. The zero-order valence-electron chi connectivity index (χ0n) is 15.2. The Hall–Kier alpha value is -3.19. The fourth-order valence-corrected chi connectivity index (χ4v) is 3.42. The third-order valence-corrected chi connectivity index (χ3v) is 4.67. The number of carbonyl (C=O) groups is 3. The highest BCUT2D eigenvalue weighted by molar-refractivity contribution is 6.29. The highest BCUT2D eigenvalue weighted by Gasteiger charge is 2.36. The molecule has 0 bridgehead atoms. The number of imide groups is 1. The quantitative estimate of drug-likeness (QED) is 0.657. The van der Waals surface area contributed by atoms with Gasteiger partial charge in [0.1, 0.15) is 0 Å². The number of hydrogen-bond acceptors (Lipinski definition) is 4. The lowest BCUT2D eigenvalue weighted by molar-refractivity contribution is 0.0636. The van der Waals surface area contributed by atoms with Gasteiger partial charge in [0.2, 0.25) is 5.28 Å². The molecule has 4 rings (SSSR count). The van der Waals surface area contributed by atoms with Crippen molar-refractivity contribution in [3.8, 4) is 0 Å². The van der Waals surface area contributed by atoms with Gasteiger partial charge < -0.3 is 10.3 Å². The van der Waals surface area contributed by atoms with Gasteiger partial charge in [0.05, 0.1) is 22.2 Å². The van der Waals surface area contributed by atoms with E-state index in [1.807, 2.05) is 13.8 Å². The second-order valence-electron chi connectivity index (χ2n) is 7.09. The third kappa shape index (κ3) is 3.14. The molecule has 0 fully saturated rings. The Balaban J connectivity index is 1.58. The normalized spacial score (nSPS) is 13.5. The van der Waals surface area contributed by atoms with Crippen molar-refractivity contribution in [2.24, 2.45) is 5.92 Å². The Morgan fingerprint density at radius 3 is 2.64 bits per heavy atom. The van der Waals surface area contributed by atoms with Crippen molar-refractivity contribution in [2.45, 2.75) is 13.8 Å².